The number of rotatable bonds is 3. The first kappa shape index (κ1) is 13.9. The fourth-order valence-electron chi connectivity index (χ4n) is 2.94. The molecular weight excluding hydrogens is 240 g/mol. The second-order valence-electron chi connectivity index (χ2n) is 5.43. The highest BCUT2D eigenvalue weighted by atomic mass is 32.2. The molecule has 1 saturated heterocycles. The summed E-state index contributed by atoms with van der Waals surface area (Å²) in [5.74, 6) is 0. The Hall–Kier alpha value is -0.510. The van der Waals surface area contributed by atoms with E-state index in [-0.39, 0.29) is 6.04 Å². The van der Waals surface area contributed by atoms with Crippen LogP contribution < -0.4 is 5.73 Å². The highest BCUT2D eigenvalue weighted by Gasteiger charge is 2.30. The van der Waals surface area contributed by atoms with Crippen LogP contribution in [0.4, 0.5) is 0 Å². The maximum absolute atomic E-state index is 6.24. The van der Waals surface area contributed by atoms with Gasteiger partial charge in [0.15, 0.2) is 0 Å². The molecule has 0 saturated carbocycles. The van der Waals surface area contributed by atoms with E-state index in [2.05, 4.69) is 67.8 Å². The van der Waals surface area contributed by atoms with Crippen LogP contribution >= 0.6 is 11.8 Å². The van der Waals surface area contributed by atoms with Crippen LogP contribution in [0.15, 0.2) is 30.3 Å². The lowest BCUT2D eigenvalue weighted by molar-refractivity contribution is 0.174. The molecule has 0 spiro atoms. The zero-order valence-corrected chi connectivity index (χ0v) is 12.4. The molecule has 4 unspecified atom stereocenters. The average Bonchev–Trinajstić information content (AvgIpc) is 2.28. The molecule has 3 heteroatoms. The molecule has 1 fully saturated rings. The van der Waals surface area contributed by atoms with E-state index in [4.69, 9.17) is 5.73 Å². The molecule has 0 bridgehead atoms. The Kier molecular flexibility index (Phi) is 4.71. The number of benzene rings is 1. The van der Waals surface area contributed by atoms with Gasteiger partial charge in [0.05, 0.1) is 0 Å². The zero-order chi connectivity index (χ0) is 13.1. The fourth-order valence-corrected chi connectivity index (χ4v) is 4.29. The molecule has 0 amide bonds. The van der Waals surface area contributed by atoms with Gasteiger partial charge in [-0.2, -0.15) is 11.8 Å². The van der Waals surface area contributed by atoms with Crippen molar-refractivity contribution in [3.05, 3.63) is 35.9 Å². The molecule has 2 rings (SSSR count). The van der Waals surface area contributed by atoms with E-state index in [0.717, 1.165) is 13.1 Å². The Balaban J connectivity index is 2.20. The van der Waals surface area contributed by atoms with E-state index < -0.39 is 0 Å². The minimum Gasteiger partial charge on any atom is -0.326 e. The van der Waals surface area contributed by atoms with Crippen molar-refractivity contribution < 1.29 is 0 Å². The van der Waals surface area contributed by atoms with Crippen LogP contribution in [-0.2, 0) is 0 Å². The van der Waals surface area contributed by atoms with Gasteiger partial charge in [-0.3, -0.25) is 4.90 Å². The summed E-state index contributed by atoms with van der Waals surface area (Å²) < 4.78 is 0. The van der Waals surface area contributed by atoms with Crippen molar-refractivity contribution in [2.75, 3.05) is 13.1 Å². The third-order valence-corrected chi connectivity index (χ3v) is 4.71. The summed E-state index contributed by atoms with van der Waals surface area (Å²) in [4.78, 5) is 2.56. The predicted octanol–water partition coefficient (Wildman–Crippen LogP) is 2.90. The average molecular weight is 264 g/mol. The minimum absolute atomic E-state index is 0.162. The van der Waals surface area contributed by atoms with Gasteiger partial charge in [0.25, 0.3) is 0 Å². The fraction of sp³-hybridized carbons (Fsp3) is 0.600. The van der Waals surface area contributed by atoms with Crippen molar-refractivity contribution in [1.29, 1.82) is 0 Å². The SMILES string of the molecule is CC1CN(C(c2ccccc2)C(C)N)CC(C)S1. The molecule has 1 aromatic carbocycles. The molecule has 18 heavy (non-hydrogen) atoms. The van der Waals surface area contributed by atoms with Crippen LogP contribution in [0.25, 0.3) is 0 Å². The highest BCUT2D eigenvalue weighted by Crippen LogP contribution is 2.32. The van der Waals surface area contributed by atoms with Crippen molar-refractivity contribution >= 4 is 11.8 Å². The van der Waals surface area contributed by atoms with E-state index in [1.165, 1.54) is 5.56 Å². The maximum atomic E-state index is 6.24. The van der Waals surface area contributed by atoms with Gasteiger partial charge < -0.3 is 5.73 Å². The third kappa shape index (κ3) is 3.28. The summed E-state index contributed by atoms with van der Waals surface area (Å²) in [7, 11) is 0. The van der Waals surface area contributed by atoms with E-state index >= 15 is 0 Å². The maximum Gasteiger partial charge on any atom is 0.0497 e. The topological polar surface area (TPSA) is 29.3 Å². The first-order chi connectivity index (χ1) is 8.58. The monoisotopic (exact) mass is 264 g/mol. The van der Waals surface area contributed by atoms with Gasteiger partial charge in [0, 0.05) is 35.7 Å². The van der Waals surface area contributed by atoms with Crippen LogP contribution in [0.1, 0.15) is 32.4 Å². The molecule has 100 valence electrons. The van der Waals surface area contributed by atoms with E-state index in [9.17, 15) is 0 Å². The Morgan fingerprint density at radius 1 is 1.17 bits per heavy atom. The van der Waals surface area contributed by atoms with Crippen molar-refractivity contribution in [2.45, 2.75) is 43.4 Å². The molecular formula is C15H24N2S. The normalized spacial score (nSPS) is 28.9. The first-order valence-corrected chi connectivity index (χ1v) is 7.72. The quantitative estimate of drug-likeness (QED) is 0.910. The second-order valence-corrected chi connectivity index (χ2v) is 7.31. The minimum atomic E-state index is 0.162. The van der Waals surface area contributed by atoms with Gasteiger partial charge in [-0.05, 0) is 12.5 Å². The Morgan fingerprint density at radius 3 is 2.22 bits per heavy atom. The van der Waals surface area contributed by atoms with Crippen LogP contribution in [-0.4, -0.2) is 34.5 Å². The summed E-state index contributed by atoms with van der Waals surface area (Å²) in [6, 6.07) is 11.2. The molecule has 4 atom stereocenters. The van der Waals surface area contributed by atoms with Crippen molar-refractivity contribution in [1.82, 2.24) is 4.90 Å². The Labute approximate surface area is 115 Å². The smallest absolute Gasteiger partial charge is 0.0497 e. The lowest BCUT2D eigenvalue weighted by atomic mass is 9.98. The highest BCUT2D eigenvalue weighted by molar-refractivity contribution is 8.00. The number of hydrogen-bond donors (Lipinski definition) is 1. The Bertz CT molecular complexity index is 356. The number of nitrogens with two attached hydrogens (primary N) is 1. The number of nitrogens with zero attached hydrogens (tertiary/aromatic N) is 1. The second kappa shape index (κ2) is 6.09. The Morgan fingerprint density at radius 2 is 1.72 bits per heavy atom. The van der Waals surface area contributed by atoms with Gasteiger partial charge in [-0.15, -0.1) is 0 Å². The van der Waals surface area contributed by atoms with Gasteiger partial charge in [0.2, 0.25) is 0 Å². The van der Waals surface area contributed by atoms with Gasteiger partial charge in [0.1, 0.15) is 0 Å². The van der Waals surface area contributed by atoms with Crippen molar-refractivity contribution in [3.63, 3.8) is 0 Å². The summed E-state index contributed by atoms with van der Waals surface area (Å²) in [6.45, 7) is 9.02. The van der Waals surface area contributed by atoms with Crippen molar-refractivity contribution in [3.8, 4) is 0 Å². The van der Waals surface area contributed by atoms with Crippen LogP contribution in [0.5, 0.6) is 0 Å². The van der Waals surface area contributed by atoms with Crippen LogP contribution in [0.3, 0.4) is 0 Å². The molecule has 1 aliphatic rings. The molecule has 0 aliphatic carbocycles. The van der Waals surface area contributed by atoms with Gasteiger partial charge >= 0.3 is 0 Å². The first-order valence-electron chi connectivity index (χ1n) is 6.78. The molecule has 2 nitrogen and oxygen atoms in total. The summed E-state index contributed by atoms with van der Waals surface area (Å²) >= 11 is 2.09. The van der Waals surface area contributed by atoms with E-state index in [1.807, 2.05) is 0 Å². The molecule has 2 N–H and O–H groups in total. The van der Waals surface area contributed by atoms with Gasteiger partial charge in [-0.1, -0.05) is 44.2 Å². The molecule has 1 aromatic rings. The van der Waals surface area contributed by atoms with E-state index in [1.54, 1.807) is 0 Å². The van der Waals surface area contributed by atoms with Crippen molar-refractivity contribution in [2.24, 2.45) is 5.73 Å². The molecule has 1 heterocycles. The third-order valence-electron chi connectivity index (χ3n) is 3.48. The zero-order valence-electron chi connectivity index (χ0n) is 11.5. The number of hydrogen-bond acceptors (Lipinski definition) is 3. The molecule has 0 radical (unpaired) electrons. The number of thioether (sulfide) groups is 1. The largest absolute Gasteiger partial charge is 0.326 e. The summed E-state index contributed by atoms with van der Waals surface area (Å²) in [5, 5.41) is 1.39. The summed E-state index contributed by atoms with van der Waals surface area (Å²) in [5.41, 5.74) is 7.59. The summed E-state index contributed by atoms with van der Waals surface area (Å²) in [6.07, 6.45) is 0. The van der Waals surface area contributed by atoms with Crippen LogP contribution in [0, 0.1) is 0 Å². The van der Waals surface area contributed by atoms with Crippen LogP contribution in [0.2, 0.25) is 0 Å². The lowest BCUT2D eigenvalue weighted by Gasteiger charge is -2.41. The predicted molar refractivity (Wildman–Crippen MR) is 80.9 cm³/mol. The van der Waals surface area contributed by atoms with E-state index in [0.29, 0.717) is 16.5 Å². The van der Waals surface area contributed by atoms with Gasteiger partial charge in [-0.25, -0.2) is 0 Å². The molecule has 1 aliphatic heterocycles. The lowest BCUT2D eigenvalue weighted by Crippen LogP contribution is -2.47. The molecule has 0 aromatic heterocycles. The standard InChI is InChI=1S/C15H24N2S/c1-11-9-17(10-12(2)18-11)15(13(3)16)14-7-5-4-6-8-14/h4-8,11-13,15H,9-10,16H2,1-3H3.